The van der Waals surface area contributed by atoms with Gasteiger partial charge in [0.2, 0.25) is 0 Å². The maximum absolute atomic E-state index is 2.45. The lowest BCUT2D eigenvalue weighted by molar-refractivity contribution is 0.209. The van der Waals surface area contributed by atoms with E-state index in [1.807, 2.05) is 13.8 Å². The van der Waals surface area contributed by atoms with Gasteiger partial charge >= 0.3 is 0 Å². The van der Waals surface area contributed by atoms with Crippen LogP contribution in [-0.2, 0) is 0 Å². The molecule has 0 aromatic heterocycles. The fraction of sp³-hybridized carbons (Fsp3) is 1.00. The van der Waals surface area contributed by atoms with Gasteiger partial charge in [-0.1, -0.05) is 46.5 Å². The molecule has 14 heavy (non-hydrogen) atoms. The van der Waals surface area contributed by atoms with Crippen LogP contribution in [0.15, 0.2) is 0 Å². The Morgan fingerprint density at radius 2 is 1.64 bits per heavy atom. The van der Waals surface area contributed by atoms with E-state index in [0.29, 0.717) is 0 Å². The molecule has 0 aliphatic carbocycles. The Bertz CT molecular complexity index is 104. The Hall–Kier alpha value is -0.0400. The molecule has 0 bridgehead atoms. The van der Waals surface area contributed by atoms with Crippen molar-refractivity contribution in [3.8, 4) is 0 Å². The minimum atomic E-state index is 1.05. The highest BCUT2D eigenvalue weighted by molar-refractivity contribution is 4.69. The molecule has 1 heteroatoms. The Labute approximate surface area is 90.9 Å². The number of piperidine rings is 1. The van der Waals surface area contributed by atoms with E-state index in [-0.39, 0.29) is 0 Å². The highest BCUT2D eigenvalue weighted by Crippen LogP contribution is 2.21. The van der Waals surface area contributed by atoms with Gasteiger partial charge in [0, 0.05) is 0 Å². The maximum Gasteiger partial charge on any atom is -0.00191 e. The molecule has 0 spiro atoms. The number of hydrogen-bond donors (Lipinski definition) is 0. The fourth-order valence-corrected chi connectivity index (χ4v) is 2.03. The van der Waals surface area contributed by atoms with Crippen molar-refractivity contribution in [2.24, 2.45) is 5.92 Å². The van der Waals surface area contributed by atoms with E-state index in [1.165, 1.54) is 51.6 Å². The zero-order valence-electron chi connectivity index (χ0n) is 10.7. The first-order valence-electron chi connectivity index (χ1n) is 6.51. The number of hydrogen-bond acceptors (Lipinski definition) is 1. The minimum Gasteiger partial charge on any atom is -0.306 e. The topological polar surface area (TPSA) is 3.24 Å². The molecule has 1 fully saturated rings. The lowest BCUT2D eigenvalue weighted by atomic mass is 9.91. The van der Waals surface area contributed by atoms with E-state index in [9.17, 15) is 0 Å². The molecule has 0 radical (unpaired) electrons. The van der Waals surface area contributed by atoms with Gasteiger partial charge in [-0.15, -0.1) is 0 Å². The summed E-state index contributed by atoms with van der Waals surface area (Å²) in [6.07, 6.45) is 8.64. The lowest BCUT2D eigenvalue weighted by Crippen LogP contribution is -2.30. The van der Waals surface area contributed by atoms with Gasteiger partial charge in [-0.25, -0.2) is 0 Å². The Morgan fingerprint density at radius 3 is 2.14 bits per heavy atom. The Morgan fingerprint density at radius 1 is 1.07 bits per heavy atom. The molecule has 0 amide bonds. The van der Waals surface area contributed by atoms with Crippen LogP contribution in [-0.4, -0.2) is 25.0 Å². The molecule has 0 N–H and O–H groups in total. The molecule has 0 aromatic rings. The molecular weight excluding hydrogens is 170 g/mol. The van der Waals surface area contributed by atoms with Crippen LogP contribution in [0.4, 0.5) is 0 Å². The van der Waals surface area contributed by atoms with Crippen molar-refractivity contribution in [1.82, 2.24) is 4.90 Å². The van der Waals surface area contributed by atoms with Crippen LogP contribution < -0.4 is 0 Å². The number of likely N-dealkylation sites (tertiary alicyclic amines) is 1. The zero-order chi connectivity index (χ0) is 10.8. The lowest BCUT2D eigenvalue weighted by Gasteiger charge is -2.28. The summed E-state index contributed by atoms with van der Waals surface area (Å²) in [6, 6.07) is 0. The van der Waals surface area contributed by atoms with E-state index in [4.69, 9.17) is 0 Å². The molecule has 1 aliphatic rings. The van der Waals surface area contributed by atoms with E-state index in [1.54, 1.807) is 0 Å². The van der Waals surface area contributed by atoms with Crippen LogP contribution in [0.1, 0.15) is 59.3 Å². The molecule has 0 atom stereocenters. The van der Waals surface area contributed by atoms with Crippen molar-refractivity contribution in [2.75, 3.05) is 20.1 Å². The number of nitrogens with zero attached hydrogens (tertiary/aromatic N) is 1. The number of rotatable bonds is 4. The SMILES string of the molecule is CC.CCCCCC1CCN(C)CC1. The maximum atomic E-state index is 2.45. The molecule has 0 saturated carbocycles. The van der Waals surface area contributed by atoms with Gasteiger partial charge in [-0.05, 0) is 38.9 Å². The van der Waals surface area contributed by atoms with E-state index >= 15 is 0 Å². The average molecular weight is 199 g/mol. The van der Waals surface area contributed by atoms with Crippen molar-refractivity contribution < 1.29 is 0 Å². The van der Waals surface area contributed by atoms with E-state index in [2.05, 4.69) is 18.9 Å². The first-order chi connectivity index (χ1) is 6.83. The van der Waals surface area contributed by atoms with Gasteiger partial charge in [-0.2, -0.15) is 0 Å². The summed E-state index contributed by atoms with van der Waals surface area (Å²) in [6.45, 7) is 8.95. The van der Waals surface area contributed by atoms with Crippen LogP contribution >= 0.6 is 0 Å². The van der Waals surface area contributed by atoms with Crippen LogP contribution in [0.2, 0.25) is 0 Å². The standard InChI is InChI=1S/C11H23N.C2H6/c1-3-4-5-6-11-7-9-12(2)10-8-11;1-2/h11H,3-10H2,1-2H3;1-2H3. The van der Waals surface area contributed by atoms with Gasteiger partial charge in [0.25, 0.3) is 0 Å². The highest BCUT2D eigenvalue weighted by Gasteiger charge is 2.15. The van der Waals surface area contributed by atoms with Gasteiger partial charge in [0.15, 0.2) is 0 Å². The van der Waals surface area contributed by atoms with Gasteiger partial charge < -0.3 is 4.90 Å². The van der Waals surface area contributed by atoms with Crippen LogP contribution in [0, 0.1) is 5.92 Å². The number of unbranched alkanes of at least 4 members (excludes halogenated alkanes) is 2. The largest absolute Gasteiger partial charge is 0.306 e. The van der Waals surface area contributed by atoms with Gasteiger partial charge in [-0.3, -0.25) is 0 Å². The normalized spacial score (nSPS) is 18.9. The molecule has 86 valence electrons. The van der Waals surface area contributed by atoms with Crippen LogP contribution in [0.25, 0.3) is 0 Å². The molecule has 1 saturated heterocycles. The molecule has 1 heterocycles. The summed E-state index contributed by atoms with van der Waals surface area (Å²) >= 11 is 0. The summed E-state index contributed by atoms with van der Waals surface area (Å²) < 4.78 is 0. The summed E-state index contributed by atoms with van der Waals surface area (Å²) in [5.41, 5.74) is 0. The second-order valence-corrected chi connectivity index (χ2v) is 4.24. The third-order valence-electron chi connectivity index (χ3n) is 3.05. The molecule has 1 rings (SSSR count). The van der Waals surface area contributed by atoms with Crippen LogP contribution in [0.3, 0.4) is 0 Å². The second kappa shape index (κ2) is 9.51. The smallest absolute Gasteiger partial charge is 0.00191 e. The van der Waals surface area contributed by atoms with Gasteiger partial charge in [0.05, 0.1) is 0 Å². The van der Waals surface area contributed by atoms with Crippen molar-refractivity contribution in [3.05, 3.63) is 0 Å². The first kappa shape index (κ1) is 14.0. The minimum absolute atomic E-state index is 1.05. The quantitative estimate of drug-likeness (QED) is 0.620. The van der Waals surface area contributed by atoms with Crippen LogP contribution in [0.5, 0.6) is 0 Å². The van der Waals surface area contributed by atoms with Crippen molar-refractivity contribution in [2.45, 2.75) is 59.3 Å². The highest BCUT2D eigenvalue weighted by atomic mass is 15.1. The fourth-order valence-electron chi connectivity index (χ4n) is 2.03. The summed E-state index contributed by atoms with van der Waals surface area (Å²) in [5, 5.41) is 0. The third kappa shape index (κ3) is 6.42. The van der Waals surface area contributed by atoms with Crippen molar-refractivity contribution in [3.63, 3.8) is 0 Å². The first-order valence-corrected chi connectivity index (χ1v) is 6.51. The monoisotopic (exact) mass is 199 g/mol. The second-order valence-electron chi connectivity index (χ2n) is 4.24. The molecule has 0 aromatic carbocycles. The van der Waals surface area contributed by atoms with E-state index in [0.717, 1.165) is 5.92 Å². The summed E-state index contributed by atoms with van der Waals surface area (Å²) in [4.78, 5) is 2.45. The Kier molecular flexibility index (Phi) is 9.49. The molecule has 1 aliphatic heterocycles. The predicted octanol–water partition coefficient (Wildman–Crippen LogP) is 3.93. The van der Waals surface area contributed by atoms with Crippen molar-refractivity contribution >= 4 is 0 Å². The predicted molar refractivity (Wildman–Crippen MR) is 65.7 cm³/mol. The average Bonchev–Trinajstić information content (AvgIpc) is 2.24. The van der Waals surface area contributed by atoms with E-state index < -0.39 is 0 Å². The molecule has 0 unspecified atom stereocenters. The molecular formula is C13H29N. The van der Waals surface area contributed by atoms with Crippen molar-refractivity contribution in [1.29, 1.82) is 0 Å². The third-order valence-corrected chi connectivity index (χ3v) is 3.05. The summed E-state index contributed by atoms with van der Waals surface area (Å²) in [5.74, 6) is 1.05. The summed E-state index contributed by atoms with van der Waals surface area (Å²) in [7, 11) is 2.24. The zero-order valence-corrected chi connectivity index (χ0v) is 10.7. The van der Waals surface area contributed by atoms with Gasteiger partial charge in [0.1, 0.15) is 0 Å². The molecule has 1 nitrogen and oxygen atoms in total. The Balaban J connectivity index is 0.000000791.